The highest BCUT2D eigenvalue weighted by molar-refractivity contribution is 8.13. The number of carbonyl (C=O) groups excluding carboxylic acids is 1. The Hall–Kier alpha value is -2.26. The van der Waals surface area contributed by atoms with E-state index in [4.69, 9.17) is 15.4 Å². The third kappa shape index (κ3) is 7.40. The number of alkyl halides is 3. The zero-order valence-corrected chi connectivity index (χ0v) is 16.0. The van der Waals surface area contributed by atoms with Crippen molar-refractivity contribution in [3.8, 4) is 0 Å². The molecule has 2 aromatic carbocycles. The fourth-order valence-corrected chi connectivity index (χ4v) is 3.20. The second-order valence-corrected chi connectivity index (χ2v) is 8.81. The van der Waals surface area contributed by atoms with Gasteiger partial charge in [0.15, 0.2) is 0 Å². The second kappa shape index (κ2) is 9.29. The first kappa shape index (κ1) is 22.0. The lowest BCUT2D eigenvalue weighted by molar-refractivity contribution is -0.137. The number of ether oxygens (including phenoxy) is 1. The quantitative estimate of drug-likeness (QED) is 0.643. The summed E-state index contributed by atoms with van der Waals surface area (Å²) >= 11 is 0. The van der Waals surface area contributed by atoms with E-state index >= 15 is 0 Å². The summed E-state index contributed by atoms with van der Waals surface area (Å²) in [7, 11) is 1.30. The van der Waals surface area contributed by atoms with E-state index in [0.717, 1.165) is 17.7 Å². The van der Waals surface area contributed by atoms with Crippen molar-refractivity contribution < 1.29 is 31.1 Å². The van der Waals surface area contributed by atoms with Crippen LogP contribution in [0.5, 0.6) is 0 Å². The summed E-state index contributed by atoms with van der Waals surface area (Å²) in [5.74, 6) is -0.533. The van der Waals surface area contributed by atoms with Gasteiger partial charge >= 0.3 is 12.3 Å². The maximum Gasteiger partial charge on any atom is 0.416 e. The molecule has 0 aliphatic rings. The third-order valence-electron chi connectivity index (χ3n) is 3.77. The Labute approximate surface area is 164 Å². The number of alkyl carbamates (subject to hydrolysis) is 1. The highest BCUT2D eigenvalue weighted by atomic mass is 35.7. The van der Waals surface area contributed by atoms with E-state index in [-0.39, 0.29) is 18.6 Å². The van der Waals surface area contributed by atoms with E-state index in [9.17, 15) is 26.4 Å². The number of hydrogen-bond acceptors (Lipinski definition) is 4. The summed E-state index contributed by atoms with van der Waals surface area (Å²) in [6.45, 7) is -0.0458. The number of rotatable bonds is 7. The highest BCUT2D eigenvalue weighted by Crippen LogP contribution is 2.31. The Morgan fingerprint density at radius 3 is 2.39 bits per heavy atom. The number of hydrogen-bond donors (Lipinski definition) is 1. The molecule has 1 amide bonds. The minimum atomic E-state index is -4.58. The second-order valence-electron chi connectivity index (χ2n) is 5.91. The Kier molecular flexibility index (Phi) is 7.31. The molecule has 1 unspecified atom stereocenters. The van der Waals surface area contributed by atoms with Crippen molar-refractivity contribution in [2.75, 3.05) is 5.75 Å². The van der Waals surface area contributed by atoms with Crippen LogP contribution < -0.4 is 5.32 Å². The lowest BCUT2D eigenvalue weighted by Gasteiger charge is -2.20. The van der Waals surface area contributed by atoms with Crippen molar-refractivity contribution in [3.63, 3.8) is 0 Å². The average molecular weight is 436 g/mol. The first-order valence-corrected chi connectivity index (χ1v) is 10.6. The summed E-state index contributed by atoms with van der Waals surface area (Å²) in [4.78, 5) is 12.1. The summed E-state index contributed by atoms with van der Waals surface area (Å²) < 4.78 is 66.4. The summed E-state index contributed by atoms with van der Waals surface area (Å²) in [6, 6.07) is 12.0. The van der Waals surface area contributed by atoms with Gasteiger partial charge in [-0.05, 0) is 29.7 Å². The zero-order chi connectivity index (χ0) is 20.8. The lowest BCUT2D eigenvalue weighted by Crippen LogP contribution is -2.30. The van der Waals surface area contributed by atoms with Crippen molar-refractivity contribution in [1.29, 1.82) is 0 Å². The Morgan fingerprint density at radius 1 is 1.11 bits per heavy atom. The van der Waals surface area contributed by atoms with E-state index in [1.807, 2.05) is 0 Å². The normalized spacial score (nSPS) is 13.0. The van der Waals surface area contributed by atoms with Gasteiger partial charge in [0, 0.05) is 10.7 Å². The van der Waals surface area contributed by atoms with Gasteiger partial charge in [0.25, 0.3) is 0 Å². The van der Waals surface area contributed by atoms with Crippen molar-refractivity contribution in [2.24, 2.45) is 0 Å². The van der Waals surface area contributed by atoms with Gasteiger partial charge in [-0.3, -0.25) is 0 Å². The zero-order valence-electron chi connectivity index (χ0n) is 14.4. The van der Waals surface area contributed by atoms with Gasteiger partial charge < -0.3 is 10.1 Å². The molecule has 0 spiro atoms. The smallest absolute Gasteiger partial charge is 0.416 e. The van der Waals surface area contributed by atoms with Crippen LogP contribution in [0.2, 0.25) is 0 Å². The van der Waals surface area contributed by atoms with Crippen LogP contribution in [0.1, 0.15) is 29.2 Å². The molecule has 0 aliphatic carbocycles. The first-order valence-electron chi connectivity index (χ1n) is 8.11. The van der Waals surface area contributed by atoms with E-state index in [1.165, 1.54) is 12.1 Å². The molecule has 0 aliphatic heterocycles. The fraction of sp³-hybridized carbons (Fsp3) is 0.278. The van der Waals surface area contributed by atoms with Crippen molar-refractivity contribution in [3.05, 3.63) is 71.3 Å². The van der Waals surface area contributed by atoms with Gasteiger partial charge in [-0.25, -0.2) is 13.2 Å². The molecule has 0 aromatic heterocycles. The number of benzene rings is 2. The van der Waals surface area contributed by atoms with Crippen LogP contribution in [0.4, 0.5) is 18.0 Å². The molecule has 0 bridgehead atoms. The van der Waals surface area contributed by atoms with Crippen molar-refractivity contribution in [1.82, 2.24) is 5.32 Å². The van der Waals surface area contributed by atoms with Gasteiger partial charge in [0.2, 0.25) is 9.05 Å². The first-order chi connectivity index (χ1) is 13.0. The molecular formula is C18H17ClF3NO4S. The molecular weight excluding hydrogens is 419 g/mol. The van der Waals surface area contributed by atoms with E-state index < -0.39 is 38.7 Å². The number of carbonyl (C=O) groups is 1. The van der Waals surface area contributed by atoms with Gasteiger partial charge in [-0.2, -0.15) is 13.2 Å². The Bertz CT molecular complexity index is 905. The maximum absolute atomic E-state index is 12.9. The van der Waals surface area contributed by atoms with Crippen LogP contribution in [-0.4, -0.2) is 20.3 Å². The highest BCUT2D eigenvalue weighted by Gasteiger charge is 2.31. The molecule has 1 N–H and O–H groups in total. The SMILES string of the molecule is O=C(NC(CCS(=O)(=O)Cl)c1cccc(C(F)(F)F)c1)OCc1ccccc1. The topological polar surface area (TPSA) is 72.5 Å². The van der Waals surface area contributed by atoms with Crippen LogP contribution in [-0.2, 0) is 26.6 Å². The third-order valence-corrected chi connectivity index (χ3v) is 4.96. The van der Waals surface area contributed by atoms with Gasteiger partial charge in [0.1, 0.15) is 6.61 Å². The summed E-state index contributed by atoms with van der Waals surface area (Å²) in [5, 5.41) is 2.40. The maximum atomic E-state index is 12.9. The molecule has 0 fully saturated rings. The molecule has 2 rings (SSSR count). The molecule has 0 saturated heterocycles. The average Bonchev–Trinajstić information content (AvgIpc) is 2.63. The van der Waals surface area contributed by atoms with Crippen molar-refractivity contribution in [2.45, 2.75) is 25.2 Å². The van der Waals surface area contributed by atoms with Gasteiger partial charge in [-0.15, -0.1) is 0 Å². The van der Waals surface area contributed by atoms with Crippen LogP contribution in [0, 0.1) is 0 Å². The number of amides is 1. The van der Waals surface area contributed by atoms with Crippen LogP contribution in [0.15, 0.2) is 54.6 Å². The fourth-order valence-electron chi connectivity index (χ4n) is 2.42. The molecule has 0 heterocycles. The van der Waals surface area contributed by atoms with Gasteiger partial charge in [-0.1, -0.05) is 42.5 Å². The lowest BCUT2D eigenvalue weighted by atomic mass is 10.0. The number of halogens is 4. The van der Waals surface area contributed by atoms with Crippen LogP contribution in [0.25, 0.3) is 0 Å². The van der Waals surface area contributed by atoms with Crippen LogP contribution in [0.3, 0.4) is 0 Å². The van der Waals surface area contributed by atoms with E-state index in [2.05, 4.69) is 5.32 Å². The minimum absolute atomic E-state index is 0.0458. The predicted octanol–water partition coefficient (Wildman–Crippen LogP) is 4.63. The molecule has 10 heteroatoms. The Morgan fingerprint density at radius 2 is 1.79 bits per heavy atom. The molecule has 5 nitrogen and oxygen atoms in total. The molecule has 28 heavy (non-hydrogen) atoms. The standard InChI is InChI=1S/C18H17ClF3NO4S/c19-28(25,26)10-9-16(14-7-4-8-15(11-14)18(20,21)22)23-17(24)27-12-13-5-2-1-3-6-13/h1-8,11,16H,9-10,12H2,(H,23,24). The monoisotopic (exact) mass is 435 g/mol. The predicted molar refractivity (Wildman–Crippen MR) is 98.2 cm³/mol. The Balaban J connectivity index is 2.14. The molecule has 2 aromatic rings. The largest absolute Gasteiger partial charge is 0.445 e. The van der Waals surface area contributed by atoms with Gasteiger partial charge in [0.05, 0.1) is 17.4 Å². The number of nitrogens with one attached hydrogen (secondary N) is 1. The van der Waals surface area contributed by atoms with E-state index in [1.54, 1.807) is 30.3 Å². The molecule has 0 radical (unpaired) electrons. The molecule has 0 saturated carbocycles. The molecule has 1 atom stereocenters. The minimum Gasteiger partial charge on any atom is -0.445 e. The summed E-state index contributed by atoms with van der Waals surface area (Å²) in [5.41, 5.74) is -0.105. The van der Waals surface area contributed by atoms with Crippen LogP contribution >= 0.6 is 10.7 Å². The summed E-state index contributed by atoms with van der Waals surface area (Å²) in [6.07, 6.45) is -5.68. The van der Waals surface area contributed by atoms with Crippen molar-refractivity contribution >= 4 is 25.8 Å². The van der Waals surface area contributed by atoms with E-state index in [0.29, 0.717) is 0 Å². The molecule has 152 valence electrons.